The molecule has 0 spiro atoms. The standard InChI is InChI=1S/C20H31NO3/c1-11-4-6-14-12-5-7-16-20(3,15(12)8-9-19(11,14)2)10-13(18(23)24)17(22)21-16/h11-16H,4-10H2,1-3H3,(H,21,22)(H,23,24)/t11?,12-,13?,14-,15+,16?,19+,20+/m0/s1. The van der Waals surface area contributed by atoms with E-state index in [-0.39, 0.29) is 17.4 Å². The Morgan fingerprint density at radius 3 is 2.50 bits per heavy atom. The zero-order valence-electron chi connectivity index (χ0n) is 15.2. The van der Waals surface area contributed by atoms with E-state index in [9.17, 15) is 14.7 Å². The van der Waals surface area contributed by atoms with Gasteiger partial charge in [-0.2, -0.15) is 0 Å². The Bertz CT molecular complexity index is 575. The highest BCUT2D eigenvalue weighted by Crippen LogP contribution is 2.65. The van der Waals surface area contributed by atoms with Crippen LogP contribution in [0, 0.1) is 40.4 Å². The van der Waals surface area contributed by atoms with Gasteiger partial charge >= 0.3 is 5.97 Å². The van der Waals surface area contributed by atoms with Crippen LogP contribution in [0.3, 0.4) is 0 Å². The van der Waals surface area contributed by atoms with Crippen molar-refractivity contribution in [2.75, 3.05) is 0 Å². The van der Waals surface area contributed by atoms with Crippen molar-refractivity contribution in [1.29, 1.82) is 0 Å². The Morgan fingerprint density at radius 2 is 1.79 bits per heavy atom. The number of amides is 1. The third-order valence-corrected chi connectivity index (χ3v) is 8.92. The molecule has 0 radical (unpaired) electrons. The Hall–Kier alpha value is -1.06. The van der Waals surface area contributed by atoms with E-state index in [4.69, 9.17) is 0 Å². The first kappa shape index (κ1) is 16.4. The van der Waals surface area contributed by atoms with Crippen molar-refractivity contribution in [3.63, 3.8) is 0 Å². The Kier molecular flexibility index (Phi) is 3.57. The average molecular weight is 333 g/mol. The monoisotopic (exact) mass is 333 g/mol. The van der Waals surface area contributed by atoms with E-state index < -0.39 is 11.9 Å². The predicted molar refractivity (Wildman–Crippen MR) is 91.2 cm³/mol. The number of piperidine rings is 1. The summed E-state index contributed by atoms with van der Waals surface area (Å²) in [6.45, 7) is 7.20. The minimum absolute atomic E-state index is 0.0486. The highest BCUT2D eigenvalue weighted by Gasteiger charge is 2.61. The smallest absolute Gasteiger partial charge is 0.316 e. The van der Waals surface area contributed by atoms with Crippen molar-refractivity contribution >= 4 is 11.9 Å². The second-order valence-electron chi connectivity index (χ2n) is 9.64. The molecule has 8 atom stereocenters. The molecule has 3 aliphatic carbocycles. The van der Waals surface area contributed by atoms with E-state index in [1.54, 1.807) is 0 Å². The largest absolute Gasteiger partial charge is 0.481 e. The summed E-state index contributed by atoms with van der Waals surface area (Å²) >= 11 is 0. The highest BCUT2D eigenvalue weighted by molar-refractivity contribution is 5.97. The van der Waals surface area contributed by atoms with Crippen LogP contribution in [0.1, 0.15) is 65.7 Å². The van der Waals surface area contributed by atoms with Crippen LogP contribution in [-0.4, -0.2) is 23.0 Å². The van der Waals surface area contributed by atoms with Gasteiger partial charge in [0.2, 0.25) is 5.91 Å². The average Bonchev–Trinajstić information content (AvgIpc) is 2.83. The van der Waals surface area contributed by atoms with E-state index in [1.165, 1.54) is 32.1 Å². The molecule has 2 N–H and O–H groups in total. The number of aliphatic carboxylic acids is 1. The van der Waals surface area contributed by atoms with Gasteiger partial charge in [-0.15, -0.1) is 0 Å². The van der Waals surface area contributed by atoms with Crippen molar-refractivity contribution in [2.45, 2.75) is 71.8 Å². The lowest BCUT2D eigenvalue weighted by atomic mass is 9.46. The molecule has 1 amide bonds. The quantitative estimate of drug-likeness (QED) is 0.722. The molecule has 4 fully saturated rings. The van der Waals surface area contributed by atoms with Crippen LogP contribution in [-0.2, 0) is 9.59 Å². The Balaban J connectivity index is 1.65. The van der Waals surface area contributed by atoms with Gasteiger partial charge < -0.3 is 10.4 Å². The van der Waals surface area contributed by atoms with Gasteiger partial charge in [0.05, 0.1) is 0 Å². The van der Waals surface area contributed by atoms with Gasteiger partial charge in [-0.25, -0.2) is 0 Å². The number of hydrogen-bond donors (Lipinski definition) is 2. The van der Waals surface area contributed by atoms with Gasteiger partial charge in [-0.1, -0.05) is 20.8 Å². The molecule has 4 rings (SSSR count). The minimum Gasteiger partial charge on any atom is -0.481 e. The summed E-state index contributed by atoms with van der Waals surface area (Å²) in [6, 6.07) is 0.171. The molecule has 3 saturated carbocycles. The molecular formula is C20H31NO3. The topological polar surface area (TPSA) is 66.4 Å². The molecule has 0 aromatic carbocycles. The molecule has 3 unspecified atom stereocenters. The van der Waals surface area contributed by atoms with Crippen LogP contribution in [0.4, 0.5) is 0 Å². The third-order valence-electron chi connectivity index (χ3n) is 8.92. The van der Waals surface area contributed by atoms with Crippen LogP contribution >= 0.6 is 0 Å². The van der Waals surface area contributed by atoms with Crippen molar-refractivity contribution in [1.82, 2.24) is 5.32 Å². The predicted octanol–water partition coefficient (Wildman–Crippen LogP) is 3.45. The second-order valence-corrected chi connectivity index (χ2v) is 9.64. The second kappa shape index (κ2) is 5.22. The van der Waals surface area contributed by atoms with Crippen molar-refractivity contribution in [3.05, 3.63) is 0 Å². The van der Waals surface area contributed by atoms with Gasteiger partial charge in [-0.3, -0.25) is 9.59 Å². The summed E-state index contributed by atoms with van der Waals surface area (Å²) < 4.78 is 0. The molecular weight excluding hydrogens is 302 g/mol. The van der Waals surface area contributed by atoms with Crippen molar-refractivity contribution in [3.8, 4) is 0 Å². The van der Waals surface area contributed by atoms with E-state index in [0.717, 1.165) is 24.2 Å². The summed E-state index contributed by atoms with van der Waals surface area (Å²) in [5.41, 5.74) is 0.432. The normalized spacial score (nSPS) is 53.5. The number of fused-ring (bicyclic) bond motifs is 5. The number of carbonyl (C=O) groups excluding carboxylic acids is 1. The molecule has 0 aromatic heterocycles. The number of carboxylic acid groups (broad SMARTS) is 1. The first-order valence-corrected chi connectivity index (χ1v) is 9.80. The summed E-state index contributed by atoms with van der Waals surface area (Å²) in [6.07, 6.45) is 7.92. The molecule has 1 aliphatic heterocycles. The summed E-state index contributed by atoms with van der Waals surface area (Å²) in [4.78, 5) is 23.7. The molecule has 4 nitrogen and oxygen atoms in total. The lowest BCUT2D eigenvalue weighted by molar-refractivity contribution is -0.159. The fraction of sp³-hybridized carbons (Fsp3) is 0.900. The molecule has 1 saturated heterocycles. The van der Waals surface area contributed by atoms with Gasteiger partial charge in [0.25, 0.3) is 0 Å². The van der Waals surface area contributed by atoms with Gasteiger partial charge in [0.15, 0.2) is 0 Å². The first-order chi connectivity index (χ1) is 11.3. The van der Waals surface area contributed by atoms with Crippen molar-refractivity contribution < 1.29 is 14.7 Å². The maximum absolute atomic E-state index is 12.2. The highest BCUT2D eigenvalue weighted by atomic mass is 16.4. The molecule has 4 aliphatic rings. The SMILES string of the molecule is CC1CC[C@H]2[C@@H]3CCC4NC(=O)C(C(=O)O)C[C@]4(C)[C@@H]3CC[C@]12C. The molecule has 0 bridgehead atoms. The third kappa shape index (κ3) is 2.04. The lowest BCUT2D eigenvalue weighted by Crippen LogP contribution is -2.63. The van der Waals surface area contributed by atoms with Crippen LogP contribution in [0.5, 0.6) is 0 Å². The Labute approximate surface area is 144 Å². The zero-order valence-corrected chi connectivity index (χ0v) is 15.2. The minimum atomic E-state index is -0.954. The van der Waals surface area contributed by atoms with Crippen LogP contribution < -0.4 is 5.32 Å². The molecule has 1 heterocycles. The van der Waals surface area contributed by atoms with Gasteiger partial charge in [-0.05, 0) is 79.4 Å². The summed E-state index contributed by atoms with van der Waals surface area (Å²) in [5.74, 6) is 0.821. The number of carbonyl (C=O) groups is 2. The number of nitrogens with one attached hydrogen (secondary N) is 1. The fourth-order valence-electron chi connectivity index (χ4n) is 7.25. The molecule has 0 aromatic rings. The zero-order chi connectivity index (χ0) is 17.3. The maximum Gasteiger partial charge on any atom is 0.316 e. The molecule has 4 heteroatoms. The number of rotatable bonds is 1. The molecule has 24 heavy (non-hydrogen) atoms. The molecule has 134 valence electrons. The van der Waals surface area contributed by atoms with Gasteiger partial charge in [0, 0.05) is 6.04 Å². The van der Waals surface area contributed by atoms with Crippen LogP contribution in [0.15, 0.2) is 0 Å². The maximum atomic E-state index is 12.2. The van der Waals surface area contributed by atoms with E-state index >= 15 is 0 Å². The van der Waals surface area contributed by atoms with Gasteiger partial charge in [0.1, 0.15) is 5.92 Å². The van der Waals surface area contributed by atoms with Crippen LogP contribution in [0.2, 0.25) is 0 Å². The van der Waals surface area contributed by atoms with Crippen molar-refractivity contribution in [2.24, 2.45) is 40.4 Å². The lowest BCUT2D eigenvalue weighted by Gasteiger charge is -2.60. The summed E-state index contributed by atoms with van der Waals surface area (Å²) in [5, 5.41) is 12.6. The number of carboxylic acids is 1. The first-order valence-electron chi connectivity index (χ1n) is 9.80. The van der Waals surface area contributed by atoms with E-state index in [2.05, 4.69) is 26.1 Å². The summed E-state index contributed by atoms with van der Waals surface area (Å²) in [7, 11) is 0. The van der Waals surface area contributed by atoms with Crippen LogP contribution in [0.25, 0.3) is 0 Å². The van der Waals surface area contributed by atoms with E-state index in [0.29, 0.717) is 17.8 Å². The fourth-order valence-corrected chi connectivity index (χ4v) is 7.25. The Morgan fingerprint density at radius 1 is 1.08 bits per heavy atom. The van der Waals surface area contributed by atoms with E-state index in [1.807, 2.05) is 0 Å². The number of hydrogen-bond acceptors (Lipinski definition) is 2.